The average molecular weight is 247 g/mol. The maximum absolute atomic E-state index is 5.91. The van der Waals surface area contributed by atoms with E-state index in [1.54, 1.807) is 0 Å². The second kappa shape index (κ2) is 6.35. The molecule has 1 aromatic rings. The van der Waals surface area contributed by atoms with Gasteiger partial charge in [-0.2, -0.15) is 0 Å². The summed E-state index contributed by atoms with van der Waals surface area (Å²) in [5.41, 5.74) is 2.79. The molecule has 0 aromatic heterocycles. The third kappa shape index (κ3) is 2.93. The second-order valence-corrected chi connectivity index (χ2v) is 5.36. The summed E-state index contributed by atoms with van der Waals surface area (Å²) >= 11 is 0. The minimum atomic E-state index is 0.312. The Hall–Kier alpha value is -0.860. The van der Waals surface area contributed by atoms with Crippen molar-refractivity contribution in [2.75, 3.05) is 13.7 Å². The highest BCUT2D eigenvalue weighted by molar-refractivity contribution is 5.27. The van der Waals surface area contributed by atoms with Gasteiger partial charge in [0.15, 0.2) is 0 Å². The van der Waals surface area contributed by atoms with Crippen molar-refractivity contribution >= 4 is 0 Å². The lowest BCUT2D eigenvalue weighted by molar-refractivity contribution is 0.0631. The molecule has 1 heterocycles. The van der Waals surface area contributed by atoms with E-state index >= 15 is 0 Å². The van der Waals surface area contributed by atoms with Gasteiger partial charge in [-0.05, 0) is 36.9 Å². The van der Waals surface area contributed by atoms with Gasteiger partial charge in [-0.25, -0.2) is 0 Å². The summed E-state index contributed by atoms with van der Waals surface area (Å²) in [4.78, 5) is 0. The molecule has 1 aliphatic rings. The summed E-state index contributed by atoms with van der Waals surface area (Å²) in [6, 6.07) is 9.26. The quantitative estimate of drug-likeness (QED) is 0.862. The third-order valence-corrected chi connectivity index (χ3v) is 3.93. The van der Waals surface area contributed by atoms with Gasteiger partial charge in [0.25, 0.3) is 0 Å². The van der Waals surface area contributed by atoms with Gasteiger partial charge >= 0.3 is 0 Å². The zero-order chi connectivity index (χ0) is 13.0. The Labute approximate surface area is 111 Å². The fourth-order valence-corrected chi connectivity index (χ4v) is 2.89. The monoisotopic (exact) mass is 247 g/mol. The Bertz CT molecular complexity index is 377. The number of hydrogen-bond acceptors (Lipinski definition) is 2. The normalized spacial score (nSPS) is 25.3. The van der Waals surface area contributed by atoms with Crippen molar-refractivity contribution in [2.45, 2.75) is 45.3 Å². The van der Waals surface area contributed by atoms with Crippen LogP contribution < -0.4 is 5.32 Å². The van der Waals surface area contributed by atoms with Crippen LogP contribution in [0.3, 0.4) is 0 Å². The van der Waals surface area contributed by atoms with Crippen LogP contribution in [0.1, 0.15) is 43.9 Å². The minimum Gasteiger partial charge on any atom is -0.376 e. The van der Waals surface area contributed by atoms with E-state index in [2.05, 4.69) is 43.4 Å². The molecule has 0 radical (unpaired) electrons. The molecule has 1 fully saturated rings. The maximum atomic E-state index is 5.91. The van der Waals surface area contributed by atoms with E-state index in [9.17, 15) is 0 Å². The van der Waals surface area contributed by atoms with Gasteiger partial charge in [-0.15, -0.1) is 0 Å². The molecule has 2 rings (SSSR count). The number of rotatable bonds is 5. The van der Waals surface area contributed by atoms with E-state index in [4.69, 9.17) is 4.74 Å². The standard InChI is InChI=1S/C16H25NO/c1-4-6-13-7-5-8-14(11-13)15(17-3)16-12(2)9-10-18-16/h5,7-8,11-12,15-17H,4,6,9-10H2,1-3H3. The molecular formula is C16H25NO. The number of likely N-dealkylation sites (N-methyl/N-ethyl adjacent to an activating group) is 1. The summed E-state index contributed by atoms with van der Waals surface area (Å²) in [5, 5.41) is 3.44. The Kier molecular flexibility index (Phi) is 4.79. The first-order valence-corrected chi connectivity index (χ1v) is 7.14. The summed E-state index contributed by atoms with van der Waals surface area (Å²) in [6.07, 6.45) is 3.85. The second-order valence-electron chi connectivity index (χ2n) is 5.36. The first kappa shape index (κ1) is 13.6. The van der Waals surface area contributed by atoms with Crippen molar-refractivity contribution in [1.29, 1.82) is 0 Å². The molecule has 1 N–H and O–H groups in total. The van der Waals surface area contributed by atoms with Gasteiger partial charge in [0, 0.05) is 6.61 Å². The summed E-state index contributed by atoms with van der Waals surface area (Å²) in [6.45, 7) is 5.42. The van der Waals surface area contributed by atoms with E-state index in [0.717, 1.165) is 13.0 Å². The van der Waals surface area contributed by atoms with E-state index in [0.29, 0.717) is 18.1 Å². The minimum absolute atomic E-state index is 0.312. The highest BCUT2D eigenvalue weighted by atomic mass is 16.5. The van der Waals surface area contributed by atoms with Gasteiger partial charge < -0.3 is 10.1 Å². The molecule has 3 unspecified atom stereocenters. The molecule has 0 amide bonds. The van der Waals surface area contributed by atoms with Crippen LogP contribution >= 0.6 is 0 Å². The molecular weight excluding hydrogens is 222 g/mol. The van der Waals surface area contributed by atoms with Crippen LogP contribution in [0.5, 0.6) is 0 Å². The predicted molar refractivity (Wildman–Crippen MR) is 75.8 cm³/mol. The Balaban J connectivity index is 2.18. The molecule has 0 bridgehead atoms. The molecule has 18 heavy (non-hydrogen) atoms. The van der Waals surface area contributed by atoms with Gasteiger partial charge in [-0.3, -0.25) is 0 Å². The molecule has 2 heteroatoms. The van der Waals surface area contributed by atoms with Crippen LogP contribution in [-0.4, -0.2) is 19.8 Å². The molecule has 2 nitrogen and oxygen atoms in total. The molecule has 0 aliphatic carbocycles. The molecule has 1 saturated heterocycles. The number of nitrogens with one attached hydrogen (secondary N) is 1. The van der Waals surface area contributed by atoms with Gasteiger partial charge in [0.05, 0.1) is 12.1 Å². The predicted octanol–water partition coefficient (Wildman–Crippen LogP) is 3.32. The first-order chi connectivity index (χ1) is 8.76. The largest absolute Gasteiger partial charge is 0.376 e. The number of aryl methyl sites for hydroxylation is 1. The van der Waals surface area contributed by atoms with Crippen molar-refractivity contribution in [3.05, 3.63) is 35.4 Å². The zero-order valence-electron chi connectivity index (χ0n) is 11.8. The fourth-order valence-electron chi connectivity index (χ4n) is 2.89. The van der Waals surface area contributed by atoms with Gasteiger partial charge in [0.2, 0.25) is 0 Å². The van der Waals surface area contributed by atoms with Gasteiger partial charge in [0.1, 0.15) is 0 Å². The van der Waals surface area contributed by atoms with Crippen LogP contribution in [0.25, 0.3) is 0 Å². The van der Waals surface area contributed by atoms with Crippen molar-refractivity contribution in [3.8, 4) is 0 Å². The van der Waals surface area contributed by atoms with E-state index in [1.807, 2.05) is 7.05 Å². The average Bonchev–Trinajstić information content (AvgIpc) is 2.78. The number of benzene rings is 1. The molecule has 3 atom stereocenters. The lowest BCUT2D eigenvalue weighted by Crippen LogP contribution is -2.32. The highest BCUT2D eigenvalue weighted by Crippen LogP contribution is 2.31. The number of ether oxygens (including phenoxy) is 1. The fraction of sp³-hybridized carbons (Fsp3) is 0.625. The van der Waals surface area contributed by atoms with Crippen molar-refractivity contribution in [3.63, 3.8) is 0 Å². The Morgan fingerprint density at radius 3 is 2.89 bits per heavy atom. The van der Waals surface area contributed by atoms with Crippen LogP contribution in [0.4, 0.5) is 0 Å². The molecule has 1 aliphatic heterocycles. The topological polar surface area (TPSA) is 21.3 Å². The summed E-state index contributed by atoms with van der Waals surface area (Å²) in [7, 11) is 2.03. The maximum Gasteiger partial charge on any atom is 0.0795 e. The van der Waals surface area contributed by atoms with Crippen LogP contribution in [0.15, 0.2) is 24.3 Å². The third-order valence-electron chi connectivity index (χ3n) is 3.93. The Morgan fingerprint density at radius 2 is 2.28 bits per heavy atom. The molecule has 1 aromatic carbocycles. The van der Waals surface area contributed by atoms with Crippen molar-refractivity contribution < 1.29 is 4.74 Å². The zero-order valence-corrected chi connectivity index (χ0v) is 11.8. The highest BCUT2D eigenvalue weighted by Gasteiger charge is 2.32. The number of hydrogen-bond donors (Lipinski definition) is 1. The lowest BCUT2D eigenvalue weighted by atomic mass is 9.91. The molecule has 0 spiro atoms. The summed E-state index contributed by atoms with van der Waals surface area (Å²) in [5.74, 6) is 0.636. The SMILES string of the molecule is CCCc1cccc(C(NC)C2OCCC2C)c1. The van der Waals surface area contributed by atoms with Crippen LogP contribution in [-0.2, 0) is 11.2 Å². The Morgan fingerprint density at radius 1 is 1.44 bits per heavy atom. The lowest BCUT2D eigenvalue weighted by Gasteiger charge is -2.26. The first-order valence-electron chi connectivity index (χ1n) is 7.14. The van der Waals surface area contributed by atoms with Crippen molar-refractivity contribution in [2.24, 2.45) is 5.92 Å². The van der Waals surface area contributed by atoms with Gasteiger partial charge in [-0.1, -0.05) is 44.5 Å². The van der Waals surface area contributed by atoms with Crippen LogP contribution in [0, 0.1) is 5.92 Å². The summed E-state index contributed by atoms with van der Waals surface area (Å²) < 4.78 is 5.91. The van der Waals surface area contributed by atoms with Crippen LogP contribution in [0.2, 0.25) is 0 Å². The van der Waals surface area contributed by atoms with E-state index in [-0.39, 0.29) is 0 Å². The van der Waals surface area contributed by atoms with Crippen molar-refractivity contribution in [1.82, 2.24) is 5.32 Å². The van der Waals surface area contributed by atoms with E-state index < -0.39 is 0 Å². The molecule has 0 saturated carbocycles. The van der Waals surface area contributed by atoms with E-state index in [1.165, 1.54) is 24.0 Å². The molecule has 100 valence electrons. The smallest absolute Gasteiger partial charge is 0.0795 e.